The van der Waals surface area contributed by atoms with Gasteiger partial charge in [-0.3, -0.25) is 0 Å². The van der Waals surface area contributed by atoms with Crippen molar-refractivity contribution in [3.05, 3.63) is 18.1 Å². The predicted octanol–water partition coefficient (Wildman–Crippen LogP) is 2.18. The van der Waals surface area contributed by atoms with Crippen LogP contribution in [0.15, 0.2) is 12.4 Å². The van der Waals surface area contributed by atoms with Crippen LogP contribution in [-0.4, -0.2) is 25.6 Å². The molecule has 0 spiro atoms. The molecular formula is C12H17N5. The molecule has 17 heavy (non-hydrogen) atoms. The molecule has 2 aromatic heterocycles. The Labute approximate surface area is 100 Å². The van der Waals surface area contributed by atoms with Gasteiger partial charge in [0.2, 0.25) is 0 Å². The lowest BCUT2D eigenvalue weighted by Crippen LogP contribution is -2.24. The summed E-state index contributed by atoms with van der Waals surface area (Å²) >= 11 is 0. The van der Waals surface area contributed by atoms with Gasteiger partial charge in [0.15, 0.2) is 0 Å². The van der Waals surface area contributed by atoms with E-state index in [1.807, 2.05) is 13.0 Å². The molecule has 3 rings (SSSR count). The third-order valence-corrected chi connectivity index (χ3v) is 3.34. The first-order chi connectivity index (χ1) is 8.33. The second-order valence-electron chi connectivity index (χ2n) is 4.73. The number of rotatable bonds is 2. The topological polar surface area (TPSA) is 55.1 Å². The van der Waals surface area contributed by atoms with Crippen molar-refractivity contribution in [2.75, 3.05) is 5.32 Å². The molecule has 0 unspecified atom stereocenters. The van der Waals surface area contributed by atoms with Crippen molar-refractivity contribution in [1.29, 1.82) is 0 Å². The normalized spacial score (nSPS) is 17.5. The van der Waals surface area contributed by atoms with Crippen molar-refractivity contribution in [3.63, 3.8) is 0 Å². The van der Waals surface area contributed by atoms with Gasteiger partial charge in [-0.1, -0.05) is 19.3 Å². The zero-order valence-corrected chi connectivity index (χ0v) is 10.1. The summed E-state index contributed by atoms with van der Waals surface area (Å²) in [7, 11) is 0. The maximum absolute atomic E-state index is 4.34. The van der Waals surface area contributed by atoms with Gasteiger partial charge in [-0.25, -0.2) is 4.98 Å². The number of fused-ring (bicyclic) bond motifs is 1. The third-order valence-electron chi connectivity index (χ3n) is 3.34. The van der Waals surface area contributed by atoms with Crippen LogP contribution in [0.5, 0.6) is 0 Å². The minimum absolute atomic E-state index is 0.568. The van der Waals surface area contributed by atoms with E-state index in [1.165, 1.54) is 32.1 Å². The van der Waals surface area contributed by atoms with E-state index in [2.05, 4.69) is 20.4 Å². The van der Waals surface area contributed by atoms with E-state index >= 15 is 0 Å². The van der Waals surface area contributed by atoms with Gasteiger partial charge < -0.3 is 5.32 Å². The van der Waals surface area contributed by atoms with Crippen LogP contribution in [0.25, 0.3) is 5.78 Å². The lowest BCUT2D eigenvalue weighted by Gasteiger charge is -2.23. The lowest BCUT2D eigenvalue weighted by molar-refractivity contribution is 0.461. The van der Waals surface area contributed by atoms with E-state index in [9.17, 15) is 0 Å². The first-order valence-corrected chi connectivity index (χ1v) is 6.27. The molecule has 1 aliphatic carbocycles. The number of hydrogen-bond acceptors (Lipinski definition) is 4. The summed E-state index contributed by atoms with van der Waals surface area (Å²) in [4.78, 5) is 8.47. The molecular weight excluding hydrogens is 214 g/mol. The number of nitrogens with one attached hydrogen (secondary N) is 1. The number of aryl methyl sites for hydroxylation is 1. The lowest BCUT2D eigenvalue weighted by atomic mass is 9.95. The highest BCUT2D eigenvalue weighted by atomic mass is 15.4. The fraction of sp³-hybridized carbons (Fsp3) is 0.583. The maximum Gasteiger partial charge on any atom is 0.254 e. The highest BCUT2D eigenvalue weighted by molar-refractivity contribution is 5.45. The van der Waals surface area contributed by atoms with Crippen molar-refractivity contribution in [2.24, 2.45) is 0 Å². The SMILES string of the molecule is Cc1cc(NC2CCCCC2)n2ncnc2n1. The summed E-state index contributed by atoms with van der Waals surface area (Å²) in [6, 6.07) is 2.61. The van der Waals surface area contributed by atoms with E-state index in [-0.39, 0.29) is 0 Å². The van der Waals surface area contributed by atoms with Crippen molar-refractivity contribution in [3.8, 4) is 0 Å². The Bertz CT molecular complexity index is 513. The molecule has 2 heterocycles. The summed E-state index contributed by atoms with van der Waals surface area (Å²) in [6.07, 6.45) is 8.06. The van der Waals surface area contributed by atoms with Crippen LogP contribution in [-0.2, 0) is 0 Å². The first kappa shape index (κ1) is 10.5. The van der Waals surface area contributed by atoms with Gasteiger partial charge in [-0.2, -0.15) is 14.6 Å². The van der Waals surface area contributed by atoms with Crippen LogP contribution in [0, 0.1) is 6.92 Å². The summed E-state index contributed by atoms with van der Waals surface area (Å²) in [5, 5.41) is 7.78. The summed E-state index contributed by atoms with van der Waals surface area (Å²) in [6.45, 7) is 1.99. The quantitative estimate of drug-likeness (QED) is 0.860. The standard InChI is InChI=1S/C12H17N5/c1-9-7-11(16-10-5-3-2-4-6-10)17-12(15-9)13-8-14-17/h7-8,10,16H,2-6H2,1H3. The number of nitrogens with zero attached hydrogens (tertiary/aromatic N) is 4. The molecule has 0 aromatic carbocycles. The third kappa shape index (κ3) is 2.09. The van der Waals surface area contributed by atoms with E-state index in [4.69, 9.17) is 0 Å². The highest BCUT2D eigenvalue weighted by Gasteiger charge is 2.15. The minimum Gasteiger partial charge on any atom is -0.367 e. The van der Waals surface area contributed by atoms with E-state index in [1.54, 1.807) is 10.8 Å². The Balaban J connectivity index is 1.90. The van der Waals surface area contributed by atoms with Crippen LogP contribution >= 0.6 is 0 Å². The molecule has 1 aliphatic rings. The summed E-state index contributed by atoms with van der Waals surface area (Å²) in [5.41, 5.74) is 0.976. The monoisotopic (exact) mass is 231 g/mol. The molecule has 5 nitrogen and oxygen atoms in total. The second-order valence-corrected chi connectivity index (χ2v) is 4.73. The predicted molar refractivity (Wildman–Crippen MR) is 66.0 cm³/mol. The first-order valence-electron chi connectivity index (χ1n) is 6.27. The van der Waals surface area contributed by atoms with Gasteiger partial charge in [0.25, 0.3) is 5.78 Å². The highest BCUT2D eigenvalue weighted by Crippen LogP contribution is 2.21. The van der Waals surface area contributed by atoms with E-state index in [0.29, 0.717) is 11.8 Å². The van der Waals surface area contributed by atoms with Gasteiger partial charge in [-0.15, -0.1) is 0 Å². The van der Waals surface area contributed by atoms with Crippen molar-refractivity contribution >= 4 is 11.6 Å². The number of hydrogen-bond donors (Lipinski definition) is 1. The summed E-state index contributed by atoms with van der Waals surface area (Å²) < 4.78 is 1.78. The van der Waals surface area contributed by atoms with Crippen molar-refractivity contribution in [2.45, 2.75) is 45.1 Å². The molecule has 2 aromatic rings. The molecule has 90 valence electrons. The van der Waals surface area contributed by atoms with Crippen LogP contribution in [0.4, 0.5) is 5.82 Å². The zero-order chi connectivity index (χ0) is 11.7. The zero-order valence-electron chi connectivity index (χ0n) is 10.1. The van der Waals surface area contributed by atoms with Gasteiger partial charge in [0.05, 0.1) is 0 Å². The molecule has 0 aliphatic heterocycles. The molecule has 0 radical (unpaired) electrons. The van der Waals surface area contributed by atoms with Gasteiger partial charge in [0, 0.05) is 17.8 Å². The van der Waals surface area contributed by atoms with Crippen LogP contribution in [0.3, 0.4) is 0 Å². The second kappa shape index (κ2) is 4.31. The van der Waals surface area contributed by atoms with Gasteiger partial charge >= 0.3 is 0 Å². The molecule has 0 amide bonds. The molecule has 5 heteroatoms. The molecule has 0 atom stereocenters. The average molecular weight is 231 g/mol. The molecule has 1 saturated carbocycles. The Kier molecular flexibility index (Phi) is 2.66. The minimum atomic E-state index is 0.568. The Morgan fingerprint density at radius 3 is 2.94 bits per heavy atom. The van der Waals surface area contributed by atoms with Crippen molar-refractivity contribution in [1.82, 2.24) is 19.6 Å². The van der Waals surface area contributed by atoms with Crippen LogP contribution in [0.1, 0.15) is 37.8 Å². The van der Waals surface area contributed by atoms with Gasteiger partial charge in [-0.05, 0) is 19.8 Å². The van der Waals surface area contributed by atoms with Crippen LogP contribution < -0.4 is 5.32 Å². The molecule has 0 saturated heterocycles. The Hall–Kier alpha value is -1.65. The van der Waals surface area contributed by atoms with Crippen molar-refractivity contribution < 1.29 is 0 Å². The smallest absolute Gasteiger partial charge is 0.254 e. The molecule has 1 fully saturated rings. The van der Waals surface area contributed by atoms with E-state index < -0.39 is 0 Å². The van der Waals surface area contributed by atoms with Crippen LogP contribution in [0.2, 0.25) is 0 Å². The largest absolute Gasteiger partial charge is 0.367 e. The Morgan fingerprint density at radius 2 is 2.12 bits per heavy atom. The summed E-state index contributed by atoms with van der Waals surface area (Å²) in [5.74, 6) is 1.68. The fourth-order valence-electron chi connectivity index (χ4n) is 2.49. The molecule has 1 N–H and O–H groups in total. The fourth-order valence-corrected chi connectivity index (χ4v) is 2.49. The van der Waals surface area contributed by atoms with E-state index in [0.717, 1.165) is 11.5 Å². The number of aromatic nitrogens is 4. The number of anilines is 1. The average Bonchev–Trinajstić information content (AvgIpc) is 2.78. The molecule has 0 bridgehead atoms. The maximum atomic E-state index is 4.34. The Morgan fingerprint density at radius 1 is 1.29 bits per heavy atom. The van der Waals surface area contributed by atoms with Gasteiger partial charge in [0.1, 0.15) is 12.1 Å².